The van der Waals surface area contributed by atoms with Crippen LogP contribution in [0.15, 0.2) is 24.3 Å². The molecule has 0 aromatic heterocycles. The minimum Gasteiger partial charge on any atom is -0.192 e. The molecule has 0 heterocycles. The van der Waals surface area contributed by atoms with Gasteiger partial charge in [0, 0.05) is 0 Å². The Labute approximate surface area is 161 Å². The molecule has 2 fully saturated rings. The average molecular weight is 352 g/mol. The summed E-state index contributed by atoms with van der Waals surface area (Å²) in [6, 6.07) is 10.5. The number of benzene rings is 1. The molecule has 0 unspecified atom stereocenters. The molecule has 0 amide bonds. The van der Waals surface area contributed by atoms with Gasteiger partial charge in [-0.15, -0.1) is 0 Å². The molecule has 3 rings (SSSR count). The fourth-order valence-electron chi connectivity index (χ4n) is 5.53. The molecule has 0 atom stereocenters. The molecule has 1 nitrogen and oxygen atoms in total. The lowest BCUT2D eigenvalue weighted by Gasteiger charge is -2.30. The van der Waals surface area contributed by atoms with Gasteiger partial charge in [0.25, 0.3) is 0 Å². The van der Waals surface area contributed by atoms with E-state index in [4.69, 9.17) is 5.26 Å². The van der Waals surface area contributed by atoms with Crippen LogP contribution in [-0.2, 0) is 0 Å². The van der Waals surface area contributed by atoms with Crippen molar-refractivity contribution in [3.63, 3.8) is 0 Å². The highest BCUT2D eigenvalue weighted by atomic mass is 14.3. The van der Waals surface area contributed by atoms with Gasteiger partial charge in [-0.3, -0.25) is 0 Å². The fraction of sp³-hybridized carbons (Fsp3) is 0.720. The number of rotatable bonds is 7. The second-order valence-electron chi connectivity index (χ2n) is 9.06. The summed E-state index contributed by atoms with van der Waals surface area (Å²) in [6.45, 7) is 2.34. The molecule has 0 spiro atoms. The van der Waals surface area contributed by atoms with Crippen LogP contribution in [0.3, 0.4) is 0 Å². The standard InChI is InChI=1S/C25H37N/c1-2-4-20-7-9-21(10-8-20)5-3-6-22-11-15-24(16-12-22)25-17-13-23(19-26)14-18-25/h13-14,17-18,20-22,24H,2-12,15-16H2,1H3. The monoisotopic (exact) mass is 351 g/mol. The Morgan fingerprint density at radius 2 is 1.27 bits per heavy atom. The van der Waals surface area contributed by atoms with E-state index in [9.17, 15) is 0 Å². The number of hydrogen-bond acceptors (Lipinski definition) is 1. The minimum absolute atomic E-state index is 0.729. The maximum atomic E-state index is 8.94. The molecular formula is C25H37N. The predicted octanol–water partition coefficient (Wildman–Crippen LogP) is 7.61. The Hall–Kier alpha value is -1.29. The first-order valence-electron chi connectivity index (χ1n) is 11.3. The van der Waals surface area contributed by atoms with Gasteiger partial charge in [0.2, 0.25) is 0 Å². The Kier molecular flexibility index (Phi) is 7.60. The topological polar surface area (TPSA) is 23.8 Å². The van der Waals surface area contributed by atoms with E-state index in [-0.39, 0.29) is 0 Å². The lowest BCUT2D eigenvalue weighted by molar-refractivity contribution is 0.236. The van der Waals surface area contributed by atoms with Crippen LogP contribution in [-0.4, -0.2) is 0 Å². The van der Waals surface area contributed by atoms with Crippen molar-refractivity contribution in [3.05, 3.63) is 35.4 Å². The Balaban J connectivity index is 1.31. The van der Waals surface area contributed by atoms with Crippen molar-refractivity contribution in [2.24, 2.45) is 17.8 Å². The van der Waals surface area contributed by atoms with Crippen LogP contribution in [0.5, 0.6) is 0 Å². The van der Waals surface area contributed by atoms with Gasteiger partial charge >= 0.3 is 0 Å². The summed E-state index contributed by atoms with van der Waals surface area (Å²) in [5.41, 5.74) is 2.23. The Morgan fingerprint density at radius 3 is 1.77 bits per heavy atom. The number of nitrogens with zero attached hydrogens (tertiary/aromatic N) is 1. The van der Waals surface area contributed by atoms with Gasteiger partial charge in [-0.1, -0.05) is 76.8 Å². The van der Waals surface area contributed by atoms with E-state index >= 15 is 0 Å². The van der Waals surface area contributed by atoms with Gasteiger partial charge in [0.1, 0.15) is 0 Å². The summed E-state index contributed by atoms with van der Waals surface area (Å²) in [5.74, 6) is 3.79. The SMILES string of the molecule is CCCC1CCC(CCCC2CCC(c3ccc(C#N)cc3)CC2)CC1. The lowest BCUT2D eigenvalue weighted by Crippen LogP contribution is -2.16. The lowest BCUT2D eigenvalue weighted by atomic mass is 9.75. The van der Waals surface area contributed by atoms with E-state index in [1.807, 2.05) is 12.1 Å². The molecule has 0 saturated heterocycles. The molecule has 0 radical (unpaired) electrons. The molecule has 1 aromatic carbocycles. The maximum absolute atomic E-state index is 8.94. The average Bonchev–Trinajstić information content (AvgIpc) is 2.70. The van der Waals surface area contributed by atoms with Crippen LogP contribution in [0.1, 0.15) is 107 Å². The highest BCUT2D eigenvalue weighted by Crippen LogP contribution is 2.39. The van der Waals surface area contributed by atoms with Gasteiger partial charge in [-0.05, 0) is 67.1 Å². The zero-order valence-corrected chi connectivity index (χ0v) is 16.8. The van der Waals surface area contributed by atoms with E-state index < -0.39 is 0 Å². The van der Waals surface area contributed by atoms with Crippen LogP contribution >= 0.6 is 0 Å². The molecule has 142 valence electrons. The van der Waals surface area contributed by atoms with Gasteiger partial charge in [-0.25, -0.2) is 0 Å². The summed E-state index contributed by atoms with van der Waals surface area (Å²) < 4.78 is 0. The molecule has 2 aliphatic rings. The second-order valence-corrected chi connectivity index (χ2v) is 9.06. The molecule has 0 bridgehead atoms. The van der Waals surface area contributed by atoms with Crippen molar-refractivity contribution in [2.75, 3.05) is 0 Å². The smallest absolute Gasteiger partial charge is 0.0991 e. The van der Waals surface area contributed by atoms with Crippen molar-refractivity contribution < 1.29 is 0 Å². The van der Waals surface area contributed by atoms with Crippen molar-refractivity contribution in [1.82, 2.24) is 0 Å². The van der Waals surface area contributed by atoms with Crippen LogP contribution < -0.4 is 0 Å². The summed E-state index contributed by atoms with van der Waals surface area (Å²) >= 11 is 0. The van der Waals surface area contributed by atoms with Gasteiger partial charge in [0.05, 0.1) is 11.6 Å². The normalized spacial score (nSPS) is 29.2. The maximum Gasteiger partial charge on any atom is 0.0991 e. The quantitative estimate of drug-likeness (QED) is 0.496. The summed E-state index contributed by atoms with van der Waals surface area (Å²) in [6.07, 6.45) is 18.8. The zero-order chi connectivity index (χ0) is 18.2. The third kappa shape index (κ3) is 5.60. The second kappa shape index (κ2) is 10.1. The van der Waals surface area contributed by atoms with Crippen molar-refractivity contribution in [1.29, 1.82) is 5.26 Å². The number of hydrogen-bond donors (Lipinski definition) is 0. The molecule has 0 aliphatic heterocycles. The molecule has 1 heteroatoms. The number of nitriles is 1. The van der Waals surface area contributed by atoms with Crippen LogP contribution in [0.4, 0.5) is 0 Å². The first-order chi connectivity index (χ1) is 12.8. The van der Waals surface area contributed by atoms with Gasteiger partial charge in [0.15, 0.2) is 0 Å². The summed E-state index contributed by atoms with van der Waals surface area (Å²) in [5, 5.41) is 8.94. The third-order valence-electron chi connectivity index (χ3n) is 7.25. The van der Waals surface area contributed by atoms with E-state index in [0.29, 0.717) is 0 Å². The summed E-state index contributed by atoms with van der Waals surface area (Å²) in [4.78, 5) is 0. The molecule has 2 saturated carbocycles. The largest absolute Gasteiger partial charge is 0.192 e. The third-order valence-corrected chi connectivity index (χ3v) is 7.25. The highest BCUT2D eigenvalue weighted by Gasteiger charge is 2.24. The van der Waals surface area contributed by atoms with Crippen LogP contribution in [0, 0.1) is 29.1 Å². The molecule has 0 N–H and O–H groups in total. The van der Waals surface area contributed by atoms with E-state index in [1.54, 1.807) is 0 Å². The molecule has 26 heavy (non-hydrogen) atoms. The first kappa shape index (κ1) is 19.5. The Morgan fingerprint density at radius 1 is 0.769 bits per heavy atom. The highest BCUT2D eigenvalue weighted by molar-refractivity contribution is 5.33. The van der Waals surface area contributed by atoms with Crippen molar-refractivity contribution >= 4 is 0 Å². The van der Waals surface area contributed by atoms with Crippen LogP contribution in [0.2, 0.25) is 0 Å². The fourth-order valence-corrected chi connectivity index (χ4v) is 5.53. The minimum atomic E-state index is 0.729. The zero-order valence-electron chi connectivity index (χ0n) is 16.8. The van der Waals surface area contributed by atoms with Crippen molar-refractivity contribution in [3.8, 4) is 6.07 Å². The van der Waals surface area contributed by atoms with E-state index in [0.717, 1.165) is 29.2 Å². The van der Waals surface area contributed by atoms with Gasteiger partial charge in [-0.2, -0.15) is 5.26 Å². The van der Waals surface area contributed by atoms with Gasteiger partial charge < -0.3 is 0 Å². The summed E-state index contributed by atoms with van der Waals surface area (Å²) in [7, 11) is 0. The molecular weight excluding hydrogens is 314 g/mol. The molecule has 1 aromatic rings. The van der Waals surface area contributed by atoms with E-state index in [1.165, 1.54) is 89.0 Å². The predicted molar refractivity (Wildman–Crippen MR) is 110 cm³/mol. The van der Waals surface area contributed by atoms with E-state index in [2.05, 4.69) is 25.1 Å². The van der Waals surface area contributed by atoms with Crippen LogP contribution in [0.25, 0.3) is 0 Å². The van der Waals surface area contributed by atoms with Crippen molar-refractivity contribution in [2.45, 2.75) is 96.3 Å². The molecule has 2 aliphatic carbocycles. The first-order valence-corrected chi connectivity index (χ1v) is 11.3. The Bertz CT molecular complexity index is 551.